The van der Waals surface area contributed by atoms with E-state index in [0.29, 0.717) is 4.47 Å². The topological polar surface area (TPSA) is 12.9 Å². The van der Waals surface area contributed by atoms with E-state index in [1.165, 1.54) is 12.1 Å². The molecular formula is C7H8BrN. The summed E-state index contributed by atoms with van der Waals surface area (Å²) in [4.78, 5) is 3.62. The number of aryl methyl sites for hydroxylation is 2. The Kier molecular flexibility index (Phi) is 0.647. The Balaban J connectivity index is 3.30. The minimum Gasteiger partial charge on any atom is -0.258 e. The van der Waals surface area contributed by atoms with Crippen molar-refractivity contribution in [1.82, 2.24) is 4.98 Å². The van der Waals surface area contributed by atoms with Crippen molar-refractivity contribution in [3.05, 3.63) is 28.0 Å². The van der Waals surface area contributed by atoms with Crippen LogP contribution in [-0.4, -0.2) is 4.98 Å². The van der Waals surface area contributed by atoms with Crippen LogP contribution in [0.1, 0.15) is 19.6 Å². The van der Waals surface area contributed by atoms with Crippen LogP contribution >= 0.6 is 15.9 Å². The van der Waals surface area contributed by atoms with Gasteiger partial charge in [0.2, 0.25) is 0 Å². The molecule has 0 aliphatic heterocycles. The molecule has 9 heavy (non-hydrogen) atoms. The van der Waals surface area contributed by atoms with Gasteiger partial charge in [0.1, 0.15) is 0 Å². The van der Waals surface area contributed by atoms with E-state index in [4.69, 9.17) is 8.22 Å². The molecule has 0 aliphatic carbocycles. The first-order valence-corrected chi connectivity index (χ1v) is 3.08. The number of halogens is 1. The van der Waals surface area contributed by atoms with Gasteiger partial charge in [-0.15, -0.1) is 0 Å². The minimum absolute atomic E-state index is 0.219. The van der Waals surface area contributed by atoms with Gasteiger partial charge in [0, 0.05) is 24.1 Å². The van der Waals surface area contributed by atoms with Gasteiger partial charge in [-0.05, 0) is 25.8 Å². The lowest BCUT2D eigenvalue weighted by Crippen LogP contribution is -1.83. The van der Waals surface area contributed by atoms with Gasteiger partial charge in [-0.3, -0.25) is 4.98 Å². The molecule has 0 saturated carbocycles. The summed E-state index contributed by atoms with van der Waals surface area (Å²) in [6.45, 7) is -4.80. The quantitative estimate of drug-likeness (QED) is 0.615. The number of hydrogen-bond donors (Lipinski definition) is 0. The molecule has 1 aromatic heterocycles. The molecule has 48 valence electrons. The lowest BCUT2D eigenvalue weighted by atomic mass is 10.3. The average Bonchev–Trinajstić information content (AvgIpc) is 1.99. The minimum atomic E-state index is -2.40. The maximum atomic E-state index is 7.14. The van der Waals surface area contributed by atoms with Crippen LogP contribution in [0.25, 0.3) is 0 Å². The third kappa shape index (κ3) is 1.79. The number of aromatic nitrogens is 1. The smallest absolute Gasteiger partial charge is 0.0387 e. The second-order valence-corrected chi connectivity index (χ2v) is 2.47. The van der Waals surface area contributed by atoms with Crippen LogP contribution in [0.5, 0.6) is 0 Å². The van der Waals surface area contributed by atoms with Crippen LogP contribution in [0.2, 0.25) is 0 Å². The van der Waals surface area contributed by atoms with E-state index in [0.717, 1.165) is 0 Å². The fourth-order valence-corrected chi connectivity index (χ4v) is 0.931. The molecule has 0 saturated heterocycles. The van der Waals surface area contributed by atoms with Crippen molar-refractivity contribution in [3.63, 3.8) is 0 Å². The Bertz CT molecular complexity index is 336. The first-order valence-electron chi connectivity index (χ1n) is 5.29. The predicted octanol–water partition coefficient (Wildman–Crippen LogP) is 2.46. The molecule has 0 N–H and O–H groups in total. The van der Waals surface area contributed by atoms with Crippen molar-refractivity contribution >= 4 is 15.9 Å². The Hall–Kier alpha value is -0.370. The summed E-state index contributed by atoms with van der Waals surface area (Å²) in [5.41, 5.74) is -0.439. The summed E-state index contributed by atoms with van der Waals surface area (Å²) >= 11 is 3.06. The average molecular weight is 192 g/mol. The first kappa shape index (κ1) is 2.35. The fourth-order valence-electron chi connectivity index (χ4n) is 0.497. The first-order chi connectivity index (χ1) is 6.60. The lowest BCUT2D eigenvalue weighted by Gasteiger charge is -1.94. The zero-order valence-electron chi connectivity index (χ0n) is 10.5. The number of pyridine rings is 1. The van der Waals surface area contributed by atoms with Crippen molar-refractivity contribution < 1.29 is 8.22 Å². The Morgan fingerprint density at radius 2 is 2.00 bits per heavy atom. The summed E-state index contributed by atoms with van der Waals surface area (Å²) in [5.74, 6) is 0. The Morgan fingerprint density at radius 3 is 2.44 bits per heavy atom. The molecule has 0 aromatic carbocycles. The van der Waals surface area contributed by atoms with E-state index in [-0.39, 0.29) is 11.4 Å². The molecule has 0 bridgehead atoms. The van der Waals surface area contributed by atoms with E-state index in [1.54, 1.807) is 0 Å². The van der Waals surface area contributed by atoms with Crippen molar-refractivity contribution in [2.24, 2.45) is 0 Å². The van der Waals surface area contributed by atoms with Crippen LogP contribution in [0.15, 0.2) is 16.6 Å². The zero-order valence-corrected chi connectivity index (χ0v) is 6.07. The molecule has 0 fully saturated rings. The fraction of sp³-hybridized carbons (Fsp3) is 0.286. The zero-order chi connectivity index (χ0) is 11.9. The third-order valence-electron chi connectivity index (χ3n) is 0.790. The number of hydrogen-bond acceptors (Lipinski definition) is 1. The van der Waals surface area contributed by atoms with Crippen molar-refractivity contribution in [2.45, 2.75) is 13.7 Å². The summed E-state index contributed by atoms with van der Waals surface area (Å²) in [6, 6.07) is 2.59. The highest BCUT2D eigenvalue weighted by atomic mass is 79.9. The highest BCUT2D eigenvalue weighted by Gasteiger charge is 1.90. The largest absolute Gasteiger partial charge is 0.258 e. The van der Waals surface area contributed by atoms with E-state index in [1.807, 2.05) is 0 Å². The van der Waals surface area contributed by atoms with Gasteiger partial charge < -0.3 is 0 Å². The van der Waals surface area contributed by atoms with Gasteiger partial charge in [0.05, 0.1) is 0 Å². The van der Waals surface area contributed by atoms with Gasteiger partial charge in [-0.1, -0.05) is 15.9 Å². The molecule has 1 nitrogen and oxygen atoms in total. The maximum absolute atomic E-state index is 7.14. The summed E-state index contributed by atoms with van der Waals surface area (Å²) in [7, 11) is 0. The normalized spacial score (nSPS) is 22.3. The Morgan fingerprint density at radius 1 is 1.44 bits per heavy atom. The molecule has 1 aromatic rings. The van der Waals surface area contributed by atoms with E-state index in [2.05, 4.69) is 20.9 Å². The Labute approximate surface area is 71.7 Å². The summed E-state index contributed by atoms with van der Waals surface area (Å²) in [6.07, 6.45) is 0. The summed E-state index contributed by atoms with van der Waals surface area (Å²) < 4.78 is 43.2. The molecule has 0 aliphatic rings. The van der Waals surface area contributed by atoms with Gasteiger partial charge >= 0.3 is 0 Å². The van der Waals surface area contributed by atoms with Crippen molar-refractivity contribution in [3.8, 4) is 0 Å². The molecule has 1 heterocycles. The molecule has 0 radical (unpaired) electrons. The van der Waals surface area contributed by atoms with Gasteiger partial charge in [-0.2, -0.15) is 0 Å². The van der Waals surface area contributed by atoms with Crippen molar-refractivity contribution in [1.29, 1.82) is 0 Å². The molecule has 0 unspecified atom stereocenters. The summed E-state index contributed by atoms with van der Waals surface area (Å²) in [5, 5.41) is 0. The second-order valence-electron chi connectivity index (χ2n) is 1.56. The molecule has 0 spiro atoms. The second kappa shape index (κ2) is 2.48. The molecular weight excluding hydrogens is 178 g/mol. The van der Waals surface area contributed by atoms with Crippen molar-refractivity contribution in [2.75, 3.05) is 0 Å². The highest BCUT2D eigenvalue weighted by molar-refractivity contribution is 9.10. The van der Waals surface area contributed by atoms with E-state index in [9.17, 15) is 0 Å². The lowest BCUT2D eigenvalue weighted by molar-refractivity contribution is 1.11. The van der Waals surface area contributed by atoms with E-state index < -0.39 is 13.7 Å². The van der Waals surface area contributed by atoms with Gasteiger partial charge in [0.25, 0.3) is 0 Å². The molecule has 0 amide bonds. The SMILES string of the molecule is [2H]C([2H])([2H])c1cc(Br)cc(C([2H])([2H])[2H])n1. The highest BCUT2D eigenvalue weighted by Crippen LogP contribution is 2.10. The molecule has 1 rings (SSSR count). The van der Waals surface area contributed by atoms with Crippen LogP contribution in [0.3, 0.4) is 0 Å². The molecule has 0 atom stereocenters. The van der Waals surface area contributed by atoms with Gasteiger partial charge in [-0.25, -0.2) is 0 Å². The number of rotatable bonds is 0. The molecule has 2 heteroatoms. The van der Waals surface area contributed by atoms with Crippen LogP contribution in [0, 0.1) is 13.7 Å². The predicted molar refractivity (Wildman–Crippen MR) is 41.4 cm³/mol. The third-order valence-corrected chi connectivity index (χ3v) is 1.25. The van der Waals surface area contributed by atoms with Crippen LogP contribution in [-0.2, 0) is 0 Å². The standard InChI is InChI=1S/C7H8BrN/c1-5-3-7(8)4-6(2)9-5/h3-4H,1-2H3/i1D3,2D3. The van der Waals surface area contributed by atoms with Gasteiger partial charge in [0.15, 0.2) is 0 Å². The van der Waals surface area contributed by atoms with Crippen LogP contribution in [0.4, 0.5) is 0 Å². The van der Waals surface area contributed by atoms with Crippen LogP contribution < -0.4 is 0 Å². The maximum Gasteiger partial charge on any atom is 0.0387 e. The monoisotopic (exact) mass is 191 g/mol. The number of nitrogens with zero attached hydrogens (tertiary/aromatic N) is 1. The van der Waals surface area contributed by atoms with E-state index >= 15 is 0 Å².